The van der Waals surface area contributed by atoms with E-state index in [4.69, 9.17) is 44.3 Å². The van der Waals surface area contributed by atoms with Crippen LogP contribution in [0, 0.1) is 0 Å². The van der Waals surface area contributed by atoms with Gasteiger partial charge in [0.1, 0.15) is 11.5 Å². The van der Waals surface area contributed by atoms with Gasteiger partial charge in [0, 0.05) is 6.07 Å². The van der Waals surface area contributed by atoms with Gasteiger partial charge in [0.25, 0.3) is 0 Å². The van der Waals surface area contributed by atoms with Crippen LogP contribution in [-0.2, 0) is 9.59 Å². The van der Waals surface area contributed by atoms with Crippen LogP contribution in [-0.4, -0.2) is 51.1 Å². The van der Waals surface area contributed by atoms with Gasteiger partial charge < -0.3 is 20.1 Å². The molecular weight excluding hydrogens is 441 g/mol. The number of likely N-dealkylation sites (N-methyl/N-ethyl adjacent to an activating group) is 1. The second kappa shape index (κ2) is 10.5. The molecule has 0 spiro atoms. The molecule has 2 N–H and O–H groups in total. The van der Waals surface area contributed by atoms with Gasteiger partial charge in [-0.2, -0.15) is 0 Å². The molecule has 0 radical (unpaired) electrons. The average molecular weight is 461 g/mol. The summed E-state index contributed by atoms with van der Waals surface area (Å²) in [6, 6.07) is 8.02. The highest BCUT2D eigenvalue weighted by Gasteiger charge is 2.16. The highest BCUT2D eigenvalue weighted by molar-refractivity contribution is 6.39. The number of para-hydroxylation sites is 1. The zero-order valence-corrected chi connectivity index (χ0v) is 18.3. The van der Waals surface area contributed by atoms with Crippen molar-refractivity contribution in [2.24, 2.45) is 0 Å². The molecule has 0 atom stereocenters. The van der Waals surface area contributed by atoms with Gasteiger partial charge in [0.05, 0.1) is 53.8 Å². The van der Waals surface area contributed by atoms with Crippen LogP contribution in [0.4, 0.5) is 11.4 Å². The Balaban J connectivity index is 1.95. The van der Waals surface area contributed by atoms with Crippen LogP contribution in [0.5, 0.6) is 11.5 Å². The van der Waals surface area contributed by atoms with E-state index in [0.717, 1.165) is 0 Å². The Kier molecular flexibility index (Phi) is 8.40. The zero-order valence-electron chi connectivity index (χ0n) is 16.0. The molecule has 2 amide bonds. The molecule has 0 heterocycles. The van der Waals surface area contributed by atoms with Gasteiger partial charge in [-0.25, -0.2) is 0 Å². The molecule has 156 valence electrons. The number of anilines is 2. The standard InChI is InChI=1S/C19H20Cl3N3O4/c1-25(10-18(27)24-19-11(20)5-4-6-12(19)21)9-17(26)23-14-7-13(22)15(28-2)8-16(14)29-3/h4-8H,9-10H2,1-3H3,(H,23,26)(H,24,27). The fourth-order valence-electron chi connectivity index (χ4n) is 2.49. The van der Waals surface area contributed by atoms with Crippen molar-refractivity contribution >= 4 is 58.0 Å². The van der Waals surface area contributed by atoms with E-state index >= 15 is 0 Å². The maximum absolute atomic E-state index is 12.3. The van der Waals surface area contributed by atoms with E-state index in [0.29, 0.717) is 37.9 Å². The first-order valence-electron chi connectivity index (χ1n) is 8.39. The molecule has 2 rings (SSSR count). The molecule has 7 nitrogen and oxygen atoms in total. The number of benzene rings is 2. The number of nitrogens with zero attached hydrogens (tertiary/aromatic N) is 1. The summed E-state index contributed by atoms with van der Waals surface area (Å²) in [7, 11) is 4.58. The van der Waals surface area contributed by atoms with E-state index in [1.54, 1.807) is 31.3 Å². The highest BCUT2D eigenvalue weighted by Crippen LogP contribution is 2.35. The van der Waals surface area contributed by atoms with E-state index in [-0.39, 0.29) is 24.9 Å². The van der Waals surface area contributed by atoms with Gasteiger partial charge in [-0.3, -0.25) is 14.5 Å². The summed E-state index contributed by atoms with van der Waals surface area (Å²) < 4.78 is 10.4. The summed E-state index contributed by atoms with van der Waals surface area (Å²) >= 11 is 18.2. The maximum Gasteiger partial charge on any atom is 0.238 e. The largest absolute Gasteiger partial charge is 0.495 e. The third kappa shape index (κ3) is 6.40. The molecule has 2 aromatic carbocycles. The van der Waals surface area contributed by atoms with Crippen molar-refractivity contribution in [3.63, 3.8) is 0 Å². The molecule has 0 fully saturated rings. The minimum Gasteiger partial charge on any atom is -0.495 e. The lowest BCUT2D eigenvalue weighted by molar-refractivity contribution is -0.119. The minimum atomic E-state index is -0.361. The van der Waals surface area contributed by atoms with Gasteiger partial charge in [0.15, 0.2) is 0 Å². The predicted molar refractivity (Wildman–Crippen MR) is 116 cm³/mol. The van der Waals surface area contributed by atoms with Crippen molar-refractivity contribution in [3.8, 4) is 11.5 Å². The molecule has 0 saturated carbocycles. The van der Waals surface area contributed by atoms with Crippen molar-refractivity contribution in [1.29, 1.82) is 0 Å². The van der Waals surface area contributed by atoms with E-state index in [2.05, 4.69) is 10.6 Å². The number of hydrogen-bond donors (Lipinski definition) is 2. The Labute approximate surface area is 183 Å². The van der Waals surface area contributed by atoms with Gasteiger partial charge in [-0.05, 0) is 25.2 Å². The van der Waals surface area contributed by atoms with E-state index < -0.39 is 0 Å². The highest BCUT2D eigenvalue weighted by atomic mass is 35.5. The first-order valence-corrected chi connectivity index (χ1v) is 9.52. The van der Waals surface area contributed by atoms with E-state index in [1.807, 2.05) is 0 Å². The van der Waals surface area contributed by atoms with Crippen LogP contribution in [0.15, 0.2) is 30.3 Å². The van der Waals surface area contributed by atoms with E-state index in [1.165, 1.54) is 25.2 Å². The third-order valence-corrected chi connectivity index (χ3v) is 4.73. The van der Waals surface area contributed by atoms with Crippen LogP contribution >= 0.6 is 34.8 Å². The fourth-order valence-corrected chi connectivity index (χ4v) is 3.22. The fraction of sp³-hybridized carbons (Fsp3) is 0.263. The number of methoxy groups -OCH3 is 2. The van der Waals surface area contributed by atoms with Gasteiger partial charge in [0.2, 0.25) is 11.8 Å². The van der Waals surface area contributed by atoms with Crippen LogP contribution in [0.3, 0.4) is 0 Å². The Hall–Kier alpha value is -2.19. The topological polar surface area (TPSA) is 79.9 Å². The number of amides is 2. The smallest absolute Gasteiger partial charge is 0.238 e. The predicted octanol–water partition coefficient (Wildman–Crippen LogP) is 4.17. The molecule has 2 aromatic rings. The molecule has 10 heteroatoms. The van der Waals surface area contributed by atoms with E-state index in [9.17, 15) is 9.59 Å². The summed E-state index contributed by atoms with van der Waals surface area (Å²) in [6.07, 6.45) is 0. The molecule has 0 bridgehead atoms. The SMILES string of the molecule is COc1cc(OC)c(NC(=O)CN(C)CC(=O)Nc2c(Cl)cccc2Cl)cc1Cl. The monoisotopic (exact) mass is 459 g/mol. The van der Waals surface area contributed by atoms with Gasteiger partial charge in [-0.15, -0.1) is 0 Å². The molecular formula is C19H20Cl3N3O4. The quantitative estimate of drug-likeness (QED) is 0.618. The second-order valence-electron chi connectivity index (χ2n) is 6.05. The number of ether oxygens (including phenoxy) is 2. The summed E-state index contributed by atoms with van der Waals surface area (Å²) in [6.45, 7) is -0.0913. The summed E-state index contributed by atoms with van der Waals surface area (Å²) in [5.41, 5.74) is 0.722. The van der Waals surface area contributed by atoms with Crippen LogP contribution in [0.2, 0.25) is 15.1 Å². The number of nitrogens with one attached hydrogen (secondary N) is 2. The van der Waals surface area contributed by atoms with Crippen molar-refractivity contribution in [3.05, 3.63) is 45.4 Å². The van der Waals surface area contributed by atoms with Crippen molar-refractivity contribution in [2.75, 3.05) is 45.0 Å². The lowest BCUT2D eigenvalue weighted by Gasteiger charge is -2.18. The van der Waals surface area contributed by atoms with Crippen molar-refractivity contribution in [1.82, 2.24) is 4.90 Å². The maximum atomic E-state index is 12.3. The number of rotatable bonds is 8. The van der Waals surface area contributed by atoms with Crippen LogP contribution < -0.4 is 20.1 Å². The molecule has 0 unspecified atom stereocenters. The first-order chi connectivity index (χ1) is 13.7. The Bertz CT molecular complexity index is 888. The van der Waals surface area contributed by atoms with Crippen LogP contribution in [0.1, 0.15) is 0 Å². The molecule has 0 aliphatic carbocycles. The number of carbonyl (C=O) groups excluding carboxylic acids is 2. The molecule has 29 heavy (non-hydrogen) atoms. The minimum absolute atomic E-state index is 0.0452. The third-order valence-electron chi connectivity index (χ3n) is 3.80. The van der Waals surface area contributed by atoms with Crippen LogP contribution in [0.25, 0.3) is 0 Å². The number of halogens is 3. The normalized spacial score (nSPS) is 10.6. The lowest BCUT2D eigenvalue weighted by atomic mass is 10.2. The molecule has 0 aliphatic rings. The first kappa shape index (κ1) is 23.1. The molecule has 0 aliphatic heterocycles. The number of hydrogen-bond acceptors (Lipinski definition) is 5. The Morgan fingerprint density at radius 2 is 1.45 bits per heavy atom. The van der Waals surface area contributed by atoms with Gasteiger partial charge in [-0.1, -0.05) is 40.9 Å². The average Bonchev–Trinajstić information content (AvgIpc) is 2.64. The van der Waals surface area contributed by atoms with Crippen molar-refractivity contribution < 1.29 is 19.1 Å². The summed E-state index contributed by atoms with van der Waals surface area (Å²) in [4.78, 5) is 26.1. The summed E-state index contributed by atoms with van der Waals surface area (Å²) in [5.74, 6) is 0.109. The molecule has 0 aromatic heterocycles. The second-order valence-corrected chi connectivity index (χ2v) is 7.27. The number of carbonyl (C=O) groups is 2. The summed E-state index contributed by atoms with van der Waals surface area (Å²) in [5, 5.41) is 6.33. The van der Waals surface area contributed by atoms with Gasteiger partial charge >= 0.3 is 0 Å². The lowest BCUT2D eigenvalue weighted by Crippen LogP contribution is -2.36. The van der Waals surface area contributed by atoms with Crippen molar-refractivity contribution in [2.45, 2.75) is 0 Å². The Morgan fingerprint density at radius 1 is 0.897 bits per heavy atom. The zero-order chi connectivity index (χ0) is 21.6. The Morgan fingerprint density at radius 3 is 2.00 bits per heavy atom. The molecule has 0 saturated heterocycles.